The fourth-order valence-corrected chi connectivity index (χ4v) is 1.04. The molecule has 0 aromatic carbocycles. The summed E-state index contributed by atoms with van der Waals surface area (Å²) in [5, 5.41) is 1.12. The number of hydrogen-bond donors (Lipinski definition) is 1. The van der Waals surface area contributed by atoms with Gasteiger partial charge in [-0.1, -0.05) is 0 Å². The highest BCUT2D eigenvalue weighted by Crippen LogP contribution is 2.00. The largest absolute Gasteiger partial charge is 0.334 e. The summed E-state index contributed by atoms with van der Waals surface area (Å²) >= 11 is 0. The zero-order chi connectivity index (χ0) is 12.9. The van der Waals surface area contributed by atoms with Crippen molar-refractivity contribution < 1.29 is 9.59 Å². The van der Waals surface area contributed by atoms with Crippen molar-refractivity contribution in [3.63, 3.8) is 0 Å². The van der Waals surface area contributed by atoms with E-state index in [0.29, 0.717) is 13.1 Å². The molecule has 94 valence electrons. The summed E-state index contributed by atoms with van der Waals surface area (Å²) in [6.45, 7) is 4.25. The Morgan fingerprint density at radius 3 is 2.06 bits per heavy atom. The summed E-state index contributed by atoms with van der Waals surface area (Å²) in [6, 6.07) is -0.789. The molecule has 0 fully saturated rings. The lowest BCUT2D eigenvalue weighted by Gasteiger charge is -2.28. The molecule has 16 heavy (non-hydrogen) atoms. The van der Waals surface area contributed by atoms with Crippen LogP contribution in [0.5, 0.6) is 0 Å². The Bertz CT molecular complexity index is 255. The molecule has 0 heterocycles. The Morgan fingerprint density at radius 2 is 1.69 bits per heavy atom. The van der Waals surface area contributed by atoms with E-state index in [1.165, 1.54) is 11.8 Å². The minimum absolute atomic E-state index is 0.0585. The number of carbonyl (C=O) groups excluding carboxylic acids is 2. The van der Waals surface area contributed by atoms with Gasteiger partial charge in [-0.25, -0.2) is 10.6 Å². The van der Waals surface area contributed by atoms with Crippen LogP contribution in [0.4, 0.5) is 4.79 Å². The first-order valence-corrected chi connectivity index (χ1v) is 5.21. The van der Waals surface area contributed by atoms with Crippen molar-refractivity contribution in [3.05, 3.63) is 0 Å². The van der Waals surface area contributed by atoms with E-state index < -0.39 is 6.04 Å². The zero-order valence-corrected chi connectivity index (χ0v) is 10.7. The van der Waals surface area contributed by atoms with Crippen molar-refractivity contribution in [2.75, 3.05) is 34.2 Å². The summed E-state index contributed by atoms with van der Waals surface area (Å²) in [7, 11) is 5.38. The highest BCUT2D eigenvalue weighted by molar-refractivity contribution is 5.86. The molecule has 2 N–H and O–H groups in total. The maximum Gasteiger partial charge on any atom is 0.334 e. The number of nitrogens with two attached hydrogens (primary N) is 1. The normalized spacial score (nSPS) is 12.4. The van der Waals surface area contributed by atoms with Crippen LogP contribution in [0.2, 0.25) is 0 Å². The van der Waals surface area contributed by atoms with Crippen molar-refractivity contribution in [1.82, 2.24) is 14.8 Å². The van der Waals surface area contributed by atoms with E-state index in [1.54, 1.807) is 14.0 Å². The summed E-state index contributed by atoms with van der Waals surface area (Å²) in [5.41, 5.74) is 0. The van der Waals surface area contributed by atoms with Gasteiger partial charge in [-0.2, -0.15) is 0 Å². The quantitative estimate of drug-likeness (QED) is 0.402. The van der Waals surface area contributed by atoms with Crippen LogP contribution in [0.15, 0.2) is 0 Å². The first-order chi connectivity index (χ1) is 7.27. The van der Waals surface area contributed by atoms with E-state index in [9.17, 15) is 9.59 Å². The highest BCUT2D eigenvalue weighted by Gasteiger charge is 2.22. The number of nitrogens with zero attached hydrogens (tertiary/aromatic N) is 3. The molecule has 0 bridgehead atoms. The number of ketones is 1. The van der Waals surface area contributed by atoms with Crippen LogP contribution in [0.25, 0.3) is 0 Å². The third-order valence-electron chi connectivity index (χ3n) is 2.50. The van der Waals surface area contributed by atoms with Gasteiger partial charge in [0.15, 0.2) is 5.78 Å². The first-order valence-electron chi connectivity index (χ1n) is 5.21. The topological polar surface area (TPSA) is 69.9 Å². The number of urea groups is 1. The van der Waals surface area contributed by atoms with Crippen molar-refractivity contribution >= 4 is 11.8 Å². The predicted octanol–water partition coefficient (Wildman–Crippen LogP) is -0.247. The van der Waals surface area contributed by atoms with Crippen LogP contribution < -0.4 is 5.84 Å². The molecule has 0 saturated heterocycles. The minimum atomic E-state index is -0.446. The monoisotopic (exact) mass is 230 g/mol. The molecule has 0 aliphatic heterocycles. The molecule has 0 saturated carbocycles. The fraction of sp³-hybridized carbons (Fsp3) is 0.800. The number of amides is 2. The van der Waals surface area contributed by atoms with E-state index in [0.717, 1.165) is 5.01 Å². The molecular formula is C10H22N4O2. The summed E-state index contributed by atoms with van der Waals surface area (Å²) in [4.78, 5) is 26.2. The number of likely N-dealkylation sites (N-methyl/N-ethyl adjacent to an activating group) is 2. The molecule has 0 aliphatic rings. The SMILES string of the molecule is CC(=O)C(C)N(C)C(=O)N(N)CCN(C)C. The molecule has 0 aromatic rings. The van der Waals surface area contributed by atoms with Gasteiger partial charge in [0.05, 0.1) is 12.6 Å². The average Bonchev–Trinajstić information content (AvgIpc) is 2.22. The van der Waals surface area contributed by atoms with Gasteiger partial charge < -0.3 is 9.80 Å². The maximum absolute atomic E-state index is 11.8. The van der Waals surface area contributed by atoms with Crippen LogP contribution in [0, 0.1) is 0 Å². The molecule has 0 aliphatic carbocycles. The van der Waals surface area contributed by atoms with Gasteiger partial charge in [-0.3, -0.25) is 9.80 Å². The van der Waals surface area contributed by atoms with Crippen LogP contribution in [-0.4, -0.2) is 66.9 Å². The summed E-state index contributed by atoms with van der Waals surface area (Å²) in [6.07, 6.45) is 0. The van der Waals surface area contributed by atoms with Crippen LogP contribution in [0.3, 0.4) is 0 Å². The van der Waals surface area contributed by atoms with E-state index in [1.807, 2.05) is 19.0 Å². The van der Waals surface area contributed by atoms with Crippen LogP contribution >= 0.6 is 0 Å². The van der Waals surface area contributed by atoms with Gasteiger partial charge in [0, 0.05) is 13.6 Å². The number of hydrogen-bond acceptors (Lipinski definition) is 4. The van der Waals surface area contributed by atoms with Crippen molar-refractivity contribution in [2.24, 2.45) is 5.84 Å². The van der Waals surface area contributed by atoms with Gasteiger partial charge in [0.1, 0.15) is 0 Å². The van der Waals surface area contributed by atoms with Crippen molar-refractivity contribution in [2.45, 2.75) is 19.9 Å². The van der Waals surface area contributed by atoms with E-state index >= 15 is 0 Å². The second kappa shape index (κ2) is 6.44. The maximum atomic E-state index is 11.8. The number of hydrazine groups is 1. The Balaban J connectivity index is 4.26. The van der Waals surface area contributed by atoms with Gasteiger partial charge in [-0.05, 0) is 27.9 Å². The number of carbonyl (C=O) groups is 2. The summed E-state index contributed by atoms with van der Waals surface area (Å²) < 4.78 is 0. The third kappa shape index (κ3) is 4.59. The molecule has 0 spiro atoms. The highest BCUT2D eigenvalue weighted by atomic mass is 16.2. The van der Waals surface area contributed by atoms with Crippen molar-refractivity contribution in [3.8, 4) is 0 Å². The second-order valence-electron chi connectivity index (χ2n) is 4.18. The molecule has 2 amide bonds. The summed E-state index contributed by atoms with van der Waals surface area (Å²) in [5.74, 6) is 5.55. The van der Waals surface area contributed by atoms with Crippen molar-refractivity contribution in [1.29, 1.82) is 0 Å². The average molecular weight is 230 g/mol. The minimum Gasteiger partial charge on any atom is -0.317 e. The predicted molar refractivity (Wildman–Crippen MR) is 62.7 cm³/mol. The Morgan fingerprint density at radius 1 is 1.19 bits per heavy atom. The number of Topliss-reactive ketones (excluding diaryl/α,β-unsaturated/α-hetero) is 1. The van der Waals surface area contributed by atoms with E-state index in [4.69, 9.17) is 5.84 Å². The first kappa shape index (κ1) is 14.9. The van der Waals surface area contributed by atoms with Gasteiger partial charge in [0.2, 0.25) is 0 Å². The Labute approximate surface area is 96.9 Å². The van der Waals surface area contributed by atoms with E-state index in [2.05, 4.69) is 0 Å². The molecule has 0 rings (SSSR count). The molecule has 1 atom stereocenters. The second-order valence-corrected chi connectivity index (χ2v) is 4.18. The number of rotatable bonds is 5. The zero-order valence-electron chi connectivity index (χ0n) is 10.7. The molecule has 1 unspecified atom stereocenters. The van der Waals surface area contributed by atoms with Gasteiger partial charge >= 0.3 is 6.03 Å². The molecule has 6 heteroatoms. The lowest BCUT2D eigenvalue weighted by Crippen LogP contribution is -2.51. The fourth-order valence-electron chi connectivity index (χ4n) is 1.04. The molecule has 0 radical (unpaired) electrons. The smallest absolute Gasteiger partial charge is 0.317 e. The standard InChI is InChI=1S/C10H22N4O2/c1-8(9(2)15)13(5)10(16)14(11)7-6-12(3)4/h8H,6-7,11H2,1-5H3. The van der Waals surface area contributed by atoms with Crippen LogP contribution in [0.1, 0.15) is 13.8 Å². The lowest BCUT2D eigenvalue weighted by atomic mass is 10.2. The molecule has 6 nitrogen and oxygen atoms in total. The van der Waals surface area contributed by atoms with Crippen LogP contribution in [-0.2, 0) is 4.79 Å². The van der Waals surface area contributed by atoms with Gasteiger partial charge in [0.25, 0.3) is 0 Å². The van der Waals surface area contributed by atoms with Gasteiger partial charge in [-0.15, -0.1) is 0 Å². The third-order valence-corrected chi connectivity index (χ3v) is 2.50. The van der Waals surface area contributed by atoms with E-state index in [-0.39, 0.29) is 11.8 Å². The lowest BCUT2D eigenvalue weighted by molar-refractivity contribution is -0.120. The Hall–Kier alpha value is -1.14. The Kier molecular flexibility index (Phi) is 5.98. The molecular weight excluding hydrogens is 208 g/mol. The molecule has 0 aromatic heterocycles.